The van der Waals surface area contributed by atoms with Gasteiger partial charge in [-0.2, -0.15) is 4.37 Å². The molecule has 2 aliphatic rings. The highest BCUT2D eigenvalue weighted by Crippen LogP contribution is 2.39. The molecule has 1 aromatic heterocycles. The normalized spacial score (nSPS) is 17.8. The Morgan fingerprint density at radius 2 is 1.82 bits per heavy atom. The third-order valence-corrected chi connectivity index (χ3v) is 5.21. The van der Waals surface area contributed by atoms with Gasteiger partial charge in [-0.15, -0.1) is 0 Å². The van der Waals surface area contributed by atoms with Crippen molar-refractivity contribution in [2.45, 2.75) is 42.9 Å². The number of nitrogens with zero attached hydrogens (tertiary/aromatic N) is 3. The first kappa shape index (κ1) is 15.8. The molecule has 0 radical (unpaired) electrons. The minimum Gasteiger partial charge on any atom is -0.347 e. The van der Waals surface area contributed by atoms with E-state index in [1.165, 1.54) is 57.1 Å². The summed E-state index contributed by atoms with van der Waals surface area (Å²) in [4.78, 5) is 8.13. The number of anilines is 1. The van der Waals surface area contributed by atoms with Gasteiger partial charge in [-0.3, -0.25) is 5.14 Å². The molecule has 1 saturated carbocycles. The van der Waals surface area contributed by atoms with Crippen molar-refractivity contribution in [1.82, 2.24) is 9.36 Å². The maximum Gasteiger partial charge on any atom is 0.205 e. The van der Waals surface area contributed by atoms with Crippen LogP contribution in [0.4, 0.5) is 5.13 Å². The summed E-state index contributed by atoms with van der Waals surface area (Å²) in [5.74, 6) is 1.81. The summed E-state index contributed by atoms with van der Waals surface area (Å²) in [7, 11) is 0. The van der Waals surface area contributed by atoms with E-state index in [9.17, 15) is 0 Å². The molecule has 2 aromatic rings. The number of rotatable bonds is 3. The van der Waals surface area contributed by atoms with Gasteiger partial charge in [-0.1, -0.05) is 18.2 Å². The highest BCUT2D eigenvalue weighted by atomic mass is 32.2. The van der Waals surface area contributed by atoms with E-state index in [-0.39, 0.29) is 0 Å². The molecule has 118 valence electrons. The number of benzene rings is 1. The fourth-order valence-corrected chi connectivity index (χ4v) is 3.56. The second-order valence-corrected chi connectivity index (χ2v) is 7.13. The Morgan fingerprint density at radius 3 is 2.41 bits per heavy atom. The van der Waals surface area contributed by atoms with Gasteiger partial charge in [0.1, 0.15) is 5.82 Å². The number of nitrogens with two attached hydrogens (primary N) is 1. The summed E-state index contributed by atoms with van der Waals surface area (Å²) in [6.07, 6.45) is 6.62. The van der Waals surface area contributed by atoms with Crippen LogP contribution < -0.4 is 10.0 Å². The summed E-state index contributed by atoms with van der Waals surface area (Å²) in [5.41, 5.74) is 0. The van der Waals surface area contributed by atoms with Gasteiger partial charge in [-0.05, 0) is 56.2 Å². The molecule has 2 fully saturated rings. The van der Waals surface area contributed by atoms with Crippen LogP contribution in [-0.2, 0) is 0 Å². The third-order valence-electron chi connectivity index (χ3n) is 3.88. The van der Waals surface area contributed by atoms with Crippen molar-refractivity contribution in [2.24, 2.45) is 5.14 Å². The fraction of sp³-hybridized carbons (Fsp3) is 0.500. The van der Waals surface area contributed by atoms with Gasteiger partial charge in [0.25, 0.3) is 0 Å². The minimum atomic E-state index is 0.699. The SMILES string of the molecule is C1CCN(c2nc(C3CC3)ns2)CC1.NSc1ccccc1. The Kier molecular flexibility index (Phi) is 5.70. The largest absolute Gasteiger partial charge is 0.347 e. The molecule has 0 atom stereocenters. The molecule has 4 nitrogen and oxygen atoms in total. The maximum atomic E-state index is 5.27. The second kappa shape index (κ2) is 7.94. The highest BCUT2D eigenvalue weighted by Gasteiger charge is 2.28. The molecule has 22 heavy (non-hydrogen) atoms. The highest BCUT2D eigenvalue weighted by molar-refractivity contribution is 7.97. The average Bonchev–Trinajstić information content (AvgIpc) is 3.34. The molecule has 0 unspecified atom stereocenters. The van der Waals surface area contributed by atoms with Gasteiger partial charge >= 0.3 is 0 Å². The van der Waals surface area contributed by atoms with E-state index in [0.29, 0.717) is 5.92 Å². The van der Waals surface area contributed by atoms with Crippen LogP contribution in [0.5, 0.6) is 0 Å². The van der Waals surface area contributed by atoms with E-state index in [2.05, 4.69) is 14.3 Å². The topological polar surface area (TPSA) is 55.0 Å². The van der Waals surface area contributed by atoms with E-state index >= 15 is 0 Å². The molecule has 4 rings (SSSR count). The molecule has 1 aliphatic carbocycles. The van der Waals surface area contributed by atoms with Crippen LogP contribution in [0.15, 0.2) is 35.2 Å². The van der Waals surface area contributed by atoms with Gasteiger partial charge in [0.05, 0.1) is 0 Å². The Bertz CT molecular complexity index is 563. The lowest BCUT2D eigenvalue weighted by molar-refractivity contribution is 0.576. The third kappa shape index (κ3) is 4.44. The van der Waals surface area contributed by atoms with Crippen LogP contribution in [-0.4, -0.2) is 22.4 Å². The van der Waals surface area contributed by atoms with Crippen molar-refractivity contribution in [2.75, 3.05) is 18.0 Å². The van der Waals surface area contributed by atoms with Gasteiger partial charge in [0, 0.05) is 35.4 Å². The van der Waals surface area contributed by atoms with Gasteiger partial charge < -0.3 is 4.90 Å². The van der Waals surface area contributed by atoms with Crippen LogP contribution in [0.2, 0.25) is 0 Å². The predicted octanol–water partition coefficient (Wildman–Crippen LogP) is 4.06. The van der Waals surface area contributed by atoms with Crippen LogP contribution in [0.25, 0.3) is 0 Å². The summed E-state index contributed by atoms with van der Waals surface area (Å²) < 4.78 is 4.44. The summed E-state index contributed by atoms with van der Waals surface area (Å²) in [6, 6.07) is 9.86. The zero-order chi connectivity index (χ0) is 15.2. The van der Waals surface area contributed by atoms with E-state index in [1.54, 1.807) is 11.5 Å². The summed E-state index contributed by atoms with van der Waals surface area (Å²) in [5, 5.41) is 6.43. The molecule has 2 N–H and O–H groups in total. The van der Waals surface area contributed by atoms with E-state index in [4.69, 9.17) is 5.14 Å². The lowest BCUT2D eigenvalue weighted by Crippen LogP contribution is -2.29. The quantitative estimate of drug-likeness (QED) is 0.858. The molecule has 0 bridgehead atoms. The lowest BCUT2D eigenvalue weighted by atomic mass is 10.1. The van der Waals surface area contributed by atoms with Crippen molar-refractivity contribution in [1.29, 1.82) is 0 Å². The molecular formula is C16H22N4S2. The first-order valence-corrected chi connectivity index (χ1v) is 9.52. The van der Waals surface area contributed by atoms with E-state index < -0.39 is 0 Å². The number of aromatic nitrogens is 2. The second-order valence-electron chi connectivity index (χ2n) is 5.69. The summed E-state index contributed by atoms with van der Waals surface area (Å²) >= 11 is 2.86. The average molecular weight is 335 g/mol. The van der Waals surface area contributed by atoms with Crippen LogP contribution in [0.3, 0.4) is 0 Å². The smallest absolute Gasteiger partial charge is 0.205 e. The number of hydrogen-bond acceptors (Lipinski definition) is 6. The monoisotopic (exact) mass is 334 g/mol. The van der Waals surface area contributed by atoms with Gasteiger partial charge in [0.15, 0.2) is 0 Å². The predicted molar refractivity (Wildman–Crippen MR) is 94.4 cm³/mol. The van der Waals surface area contributed by atoms with Crippen molar-refractivity contribution < 1.29 is 0 Å². The Hall–Kier alpha value is -1.11. The van der Waals surface area contributed by atoms with Crippen LogP contribution in [0.1, 0.15) is 43.8 Å². The molecule has 1 saturated heterocycles. The lowest BCUT2D eigenvalue weighted by Gasteiger charge is -2.25. The van der Waals surface area contributed by atoms with Crippen LogP contribution in [0, 0.1) is 0 Å². The molecule has 2 heterocycles. The minimum absolute atomic E-state index is 0.699. The first-order chi connectivity index (χ1) is 10.9. The standard InChI is InChI=1S/C10H15N3S.C6H7NS/c1-2-6-13(7-3-1)10-11-9(12-14-10)8-4-5-8;7-8-6-4-2-1-3-5-6/h8H,1-7H2;1-5H,7H2. The van der Waals surface area contributed by atoms with Crippen molar-refractivity contribution >= 4 is 28.6 Å². The molecular weight excluding hydrogens is 312 g/mol. The molecule has 0 amide bonds. The van der Waals surface area contributed by atoms with Crippen molar-refractivity contribution in [3.05, 3.63) is 36.2 Å². The Morgan fingerprint density at radius 1 is 1.09 bits per heavy atom. The maximum absolute atomic E-state index is 5.27. The van der Waals surface area contributed by atoms with Crippen molar-refractivity contribution in [3.63, 3.8) is 0 Å². The van der Waals surface area contributed by atoms with Gasteiger partial charge in [-0.25, -0.2) is 4.98 Å². The van der Waals surface area contributed by atoms with E-state index in [0.717, 1.165) is 15.9 Å². The Balaban J connectivity index is 0.000000154. The number of hydrogen-bond donors (Lipinski definition) is 1. The van der Waals surface area contributed by atoms with Crippen molar-refractivity contribution in [3.8, 4) is 0 Å². The first-order valence-electron chi connectivity index (χ1n) is 7.87. The van der Waals surface area contributed by atoms with Crippen LogP contribution >= 0.6 is 23.5 Å². The molecule has 6 heteroatoms. The summed E-state index contributed by atoms with van der Waals surface area (Å²) in [6.45, 7) is 2.36. The number of piperidine rings is 1. The zero-order valence-corrected chi connectivity index (χ0v) is 14.3. The zero-order valence-electron chi connectivity index (χ0n) is 12.6. The molecule has 1 aromatic carbocycles. The molecule has 0 spiro atoms. The van der Waals surface area contributed by atoms with E-state index in [1.807, 2.05) is 30.3 Å². The Labute approximate surface area is 140 Å². The molecule has 1 aliphatic heterocycles. The van der Waals surface area contributed by atoms with Gasteiger partial charge in [0.2, 0.25) is 5.13 Å². The fourth-order valence-electron chi connectivity index (χ4n) is 2.45.